The first-order chi connectivity index (χ1) is 28.7. The van der Waals surface area contributed by atoms with E-state index in [1.807, 2.05) is 60.7 Å². The third-order valence-corrected chi connectivity index (χ3v) is 11.9. The second kappa shape index (κ2) is 12.7. The van der Waals surface area contributed by atoms with Crippen LogP contribution >= 0.6 is 0 Å². The zero-order valence-corrected chi connectivity index (χ0v) is 31.3. The van der Waals surface area contributed by atoms with Crippen molar-refractivity contribution in [2.45, 2.75) is 5.41 Å². The van der Waals surface area contributed by atoms with E-state index in [4.69, 9.17) is 19.7 Å². The van der Waals surface area contributed by atoms with Crippen LogP contribution in [-0.2, 0) is 5.41 Å². The van der Waals surface area contributed by atoms with E-state index >= 15 is 0 Å². The minimum absolute atomic E-state index is 0.569. The molecular weight excluding hydrogens is 707 g/mol. The van der Waals surface area contributed by atoms with Crippen molar-refractivity contribution in [3.63, 3.8) is 0 Å². The van der Waals surface area contributed by atoms with Gasteiger partial charge in [-0.1, -0.05) is 170 Å². The Morgan fingerprint density at radius 1 is 0.345 bits per heavy atom. The van der Waals surface area contributed by atoms with Crippen LogP contribution in [0.25, 0.3) is 78.0 Å². The van der Waals surface area contributed by atoms with Crippen LogP contribution in [0, 0.1) is 0 Å². The van der Waals surface area contributed by atoms with Crippen LogP contribution in [0.3, 0.4) is 0 Å². The van der Waals surface area contributed by atoms with Gasteiger partial charge in [0.25, 0.3) is 0 Å². The van der Waals surface area contributed by atoms with Crippen molar-refractivity contribution < 1.29 is 4.74 Å². The van der Waals surface area contributed by atoms with Crippen molar-refractivity contribution in [1.82, 2.24) is 15.0 Å². The highest BCUT2D eigenvalue weighted by Gasteiger charge is 2.52. The lowest BCUT2D eigenvalue weighted by molar-refractivity contribution is 0.437. The highest BCUT2D eigenvalue weighted by atomic mass is 16.5. The molecule has 0 N–H and O–H groups in total. The lowest BCUT2D eigenvalue weighted by Crippen LogP contribution is -2.32. The van der Waals surface area contributed by atoms with Crippen molar-refractivity contribution in [2.75, 3.05) is 0 Å². The smallest absolute Gasteiger partial charge is 0.164 e. The Bertz CT molecular complexity index is 3160. The summed E-state index contributed by atoms with van der Waals surface area (Å²) in [4.78, 5) is 14.9. The molecular formula is C54H33N3O. The summed E-state index contributed by atoms with van der Waals surface area (Å²) < 4.78 is 6.66. The zero-order valence-electron chi connectivity index (χ0n) is 31.3. The maximum atomic E-state index is 6.66. The molecule has 0 bridgehead atoms. The molecule has 0 unspecified atom stereocenters. The first-order valence-corrected chi connectivity index (χ1v) is 19.7. The molecule has 0 atom stereocenters. The Kier molecular flexibility index (Phi) is 7.11. The second-order valence-corrected chi connectivity index (χ2v) is 15.1. The number of hydrogen-bond donors (Lipinski definition) is 0. The number of benzene rings is 9. The minimum Gasteiger partial charge on any atom is -0.457 e. The minimum atomic E-state index is -0.569. The predicted molar refractivity (Wildman–Crippen MR) is 234 cm³/mol. The third-order valence-electron chi connectivity index (χ3n) is 11.9. The van der Waals surface area contributed by atoms with Crippen LogP contribution in [0.2, 0.25) is 0 Å². The summed E-state index contributed by atoms with van der Waals surface area (Å²) in [5, 5.41) is 4.72. The summed E-state index contributed by atoms with van der Waals surface area (Å²) in [6.45, 7) is 0. The fourth-order valence-electron chi connectivity index (χ4n) is 9.45. The van der Waals surface area contributed by atoms with E-state index in [2.05, 4.69) is 140 Å². The first-order valence-electron chi connectivity index (χ1n) is 19.7. The maximum absolute atomic E-state index is 6.66. The monoisotopic (exact) mass is 739 g/mol. The molecule has 1 aromatic heterocycles. The van der Waals surface area contributed by atoms with Crippen molar-refractivity contribution in [3.8, 4) is 67.9 Å². The zero-order chi connectivity index (χ0) is 38.2. The number of nitrogens with zero attached hydrogens (tertiary/aromatic N) is 3. The van der Waals surface area contributed by atoms with Crippen molar-refractivity contribution in [2.24, 2.45) is 0 Å². The van der Waals surface area contributed by atoms with E-state index in [0.29, 0.717) is 17.5 Å². The van der Waals surface area contributed by atoms with Gasteiger partial charge in [-0.3, -0.25) is 0 Å². The van der Waals surface area contributed by atoms with E-state index in [9.17, 15) is 0 Å². The molecule has 0 saturated carbocycles. The Morgan fingerprint density at radius 2 is 0.845 bits per heavy atom. The van der Waals surface area contributed by atoms with Gasteiger partial charge in [-0.25, -0.2) is 15.0 Å². The predicted octanol–water partition coefficient (Wildman–Crippen LogP) is 13.3. The maximum Gasteiger partial charge on any atom is 0.164 e. The lowest BCUT2D eigenvalue weighted by atomic mass is 9.65. The molecule has 270 valence electrons. The average Bonchev–Trinajstić information content (AvgIpc) is 3.60. The molecule has 58 heavy (non-hydrogen) atoms. The molecule has 12 rings (SSSR count). The fourth-order valence-corrected chi connectivity index (χ4v) is 9.45. The van der Waals surface area contributed by atoms with E-state index in [0.717, 1.165) is 50.1 Å². The number of aromatic nitrogens is 3. The van der Waals surface area contributed by atoms with Gasteiger partial charge in [-0.2, -0.15) is 0 Å². The Morgan fingerprint density at radius 3 is 1.50 bits per heavy atom. The van der Waals surface area contributed by atoms with Crippen LogP contribution in [0.15, 0.2) is 200 Å². The van der Waals surface area contributed by atoms with Gasteiger partial charge in [0.05, 0.1) is 5.41 Å². The van der Waals surface area contributed by atoms with Crippen LogP contribution < -0.4 is 4.74 Å². The van der Waals surface area contributed by atoms with Gasteiger partial charge < -0.3 is 4.74 Å². The summed E-state index contributed by atoms with van der Waals surface area (Å²) in [6.07, 6.45) is 0. The summed E-state index contributed by atoms with van der Waals surface area (Å²) in [5.74, 6) is 3.73. The number of rotatable bonds is 4. The molecule has 0 amide bonds. The van der Waals surface area contributed by atoms with Crippen LogP contribution in [0.4, 0.5) is 0 Å². The molecule has 1 aliphatic heterocycles. The molecule has 0 saturated heterocycles. The summed E-state index contributed by atoms with van der Waals surface area (Å²) in [7, 11) is 0. The molecule has 10 aromatic rings. The second-order valence-electron chi connectivity index (χ2n) is 15.1. The number of fused-ring (bicyclic) bond motifs is 12. The van der Waals surface area contributed by atoms with Crippen molar-refractivity contribution in [3.05, 3.63) is 222 Å². The molecule has 1 aliphatic carbocycles. The number of para-hydroxylation sites is 2. The first kappa shape index (κ1) is 32.5. The third kappa shape index (κ3) is 4.79. The van der Waals surface area contributed by atoms with Gasteiger partial charge in [-0.15, -0.1) is 0 Å². The van der Waals surface area contributed by atoms with Crippen LogP contribution in [0.1, 0.15) is 22.3 Å². The van der Waals surface area contributed by atoms with Crippen LogP contribution in [0.5, 0.6) is 11.5 Å². The molecule has 4 nitrogen and oxygen atoms in total. The van der Waals surface area contributed by atoms with Gasteiger partial charge in [0.15, 0.2) is 17.5 Å². The molecule has 4 heteroatoms. The summed E-state index contributed by atoms with van der Waals surface area (Å²) in [5.41, 5.74) is 12.1. The number of hydrogen-bond acceptors (Lipinski definition) is 4. The molecule has 9 aromatic carbocycles. The van der Waals surface area contributed by atoms with Crippen molar-refractivity contribution in [1.29, 1.82) is 0 Å². The fraction of sp³-hybridized carbons (Fsp3) is 0.0185. The SMILES string of the molecule is c1ccc(-c2nc(-c3ccccc3)nc(-c3ccc4cc(-c5cc6ccccc6c6c5-c5ccccc5C65c6ccccc6Oc6ccccc65)ccc4c3)n2)cc1. The van der Waals surface area contributed by atoms with E-state index in [-0.39, 0.29) is 0 Å². The van der Waals surface area contributed by atoms with Gasteiger partial charge in [0.2, 0.25) is 0 Å². The molecule has 2 heterocycles. The quantitative estimate of drug-likeness (QED) is 0.180. The van der Waals surface area contributed by atoms with E-state index in [1.54, 1.807) is 0 Å². The van der Waals surface area contributed by atoms with Gasteiger partial charge >= 0.3 is 0 Å². The highest BCUT2D eigenvalue weighted by molar-refractivity contribution is 6.08. The largest absolute Gasteiger partial charge is 0.457 e. The topological polar surface area (TPSA) is 47.9 Å². The molecule has 0 fully saturated rings. The highest BCUT2D eigenvalue weighted by Crippen LogP contribution is 2.64. The van der Waals surface area contributed by atoms with Gasteiger partial charge in [0.1, 0.15) is 11.5 Å². The Balaban J connectivity index is 1.06. The molecule has 1 spiro atoms. The van der Waals surface area contributed by atoms with Crippen LogP contribution in [-0.4, -0.2) is 15.0 Å². The standard InChI is InChI=1S/C54H33N3O/c1-3-15-34(16-4-1)51-55-52(35-17-5-2-6-18-35)57-53(56-51)40-30-28-36-31-39(29-27-37(36)32-40)43-33-38-19-7-8-20-41(38)50-49(43)42-21-9-10-22-44(42)54(50)45-23-11-13-25-47(45)58-48-26-14-12-24-46(48)54/h1-33H. The average molecular weight is 740 g/mol. The van der Waals surface area contributed by atoms with Gasteiger partial charge in [0, 0.05) is 27.8 Å². The molecule has 0 radical (unpaired) electrons. The normalized spacial score (nSPS) is 13.1. The van der Waals surface area contributed by atoms with E-state index < -0.39 is 5.41 Å². The Hall–Kier alpha value is -7.69. The lowest BCUT2D eigenvalue weighted by Gasteiger charge is -2.40. The van der Waals surface area contributed by atoms with Crippen molar-refractivity contribution >= 4 is 21.5 Å². The number of ether oxygens (including phenoxy) is 1. The Labute approximate surface area is 335 Å². The summed E-state index contributed by atoms with van der Waals surface area (Å²) in [6, 6.07) is 71.0. The van der Waals surface area contributed by atoms with Gasteiger partial charge in [-0.05, 0) is 85.3 Å². The summed E-state index contributed by atoms with van der Waals surface area (Å²) >= 11 is 0. The van der Waals surface area contributed by atoms with E-state index in [1.165, 1.54) is 44.2 Å². The molecule has 2 aliphatic rings.